The minimum absolute atomic E-state index is 0.0511. The molecule has 106 valence electrons. The van der Waals surface area contributed by atoms with Crippen molar-refractivity contribution in [1.82, 2.24) is 4.90 Å². The summed E-state index contributed by atoms with van der Waals surface area (Å²) in [7, 11) is 0. The van der Waals surface area contributed by atoms with E-state index in [4.69, 9.17) is 5.73 Å². The van der Waals surface area contributed by atoms with Crippen molar-refractivity contribution in [3.63, 3.8) is 0 Å². The Morgan fingerprint density at radius 3 is 2.16 bits per heavy atom. The monoisotopic (exact) mass is 262 g/mol. The average molecular weight is 262 g/mol. The fourth-order valence-corrected chi connectivity index (χ4v) is 2.19. The van der Waals surface area contributed by atoms with Crippen LogP contribution in [0.15, 0.2) is 18.2 Å². The second-order valence-corrected chi connectivity index (χ2v) is 6.06. The lowest BCUT2D eigenvalue weighted by Gasteiger charge is -2.31. The van der Waals surface area contributed by atoms with Gasteiger partial charge in [-0.2, -0.15) is 0 Å². The second-order valence-electron chi connectivity index (χ2n) is 6.06. The molecule has 0 radical (unpaired) electrons. The van der Waals surface area contributed by atoms with Gasteiger partial charge in [0.1, 0.15) is 0 Å². The minimum atomic E-state index is -0.0511. The predicted octanol–water partition coefficient (Wildman–Crippen LogP) is 2.75. The van der Waals surface area contributed by atoms with E-state index in [2.05, 4.69) is 19.9 Å². The zero-order chi connectivity index (χ0) is 14.6. The van der Waals surface area contributed by atoms with E-state index in [1.807, 2.05) is 37.8 Å². The maximum atomic E-state index is 12.6. The zero-order valence-electron chi connectivity index (χ0n) is 12.8. The molecule has 0 saturated heterocycles. The molecule has 0 aliphatic rings. The molecule has 0 heterocycles. The van der Waals surface area contributed by atoms with Gasteiger partial charge in [0, 0.05) is 18.7 Å². The summed E-state index contributed by atoms with van der Waals surface area (Å²) in [5, 5.41) is 0. The van der Waals surface area contributed by atoms with E-state index in [-0.39, 0.29) is 11.3 Å². The van der Waals surface area contributed by atoms with E-state index >= 15 is 0 Å². The summed E-state index contributed by atoms with van der Waals surface area (Å²) in [6.07, 6.45) is 0. The van der Waals surface area contributed by atoms with E-state index < -0.39 is 0 Å². The highest BCUT2D eigenvalue weighted by Gasteiger charge is 2.23. The molecular formula is C16H26N2O. The first kappa shape index (κ1) is 15.7. The molecule has 2 N–H and O–H groups in total. The Bertz CT molecular complexity index is 432. The summed E-state index contributed by atoms with van der Waals surface area (Å²) in [6, 6.07) is 5.98. The lowest BCUT2D eigenvalue weighted by molar-refractivity contribution is 0.0700. The zero-order valence-corrected chi connectivity index (χ0v) is 12.8. The smallest absolute Gasteiger partial charge is 0.253 e. The average Bonchev–Trinajstić information content (AvgIpc) is 2.34. The third kappa shape index (κ3) is 4.35. The number of nitrogens with two attached hydrogens (primary N) is 1. The van der Waals surface area contributed by atoms with Crippen LogP contribution in [0, 0.1) is 19.3 Å². The first-order valence-electron chi connectivity index (χ1n) is 6.86. The fourth-order valence-electron chi connectivity index (χ4n) is 2.19. The van der Waals surface area contributed by atoms with E-state index in [1.165, 1.54) is 0 Å². The Balaban J connectivity index is 2.95. The maximum absolute atomic E-state index is 12.6. The number of rotatable bonds is 5. The van der Waals surface area contributed by atoms with Gasteiger partial charge in [0.2, 0.25) is 0 Å². The number of nitrogens with zero attached hydrogens (tertiary/aromatic N) is 1. The normalized spacial score (nSPS) is 11.5. The van der Waals surface area contributed by atoms with Crippen LogP contribution in [0.2, 0.25) is 0 Å². The largest absolute Gasteiger partial charge is 0.338 e. The molecule has 1 aromatic carbocycles. The number of amides is 1. The van der Waals surface area contributed by atoms with Crippen molar-refractivity contribution in [2.24, 2.45) is 11.1 Å². The van der Waals surface area contributed by atoms with E-state index in [1.54, 1.807) is 0 Å². The van der Waals surface area contributed by atoms with Crippen LogP contribution in [-0.4, -0.2) is 30.4 Å². The lowest BCUT2D eigenvalue weighted by atomic mass is 9.92. The quantitative estimate of drug-likeness (QED) is 0.887. The van der Waals surface area contributed by atoms with E-state index in [9.17, 15) is 4.79 Å². The van der Waals surface area contributed by atoms with E-state index in [0.29, 0.717) is 19.6 Å². The molecule has 0 aromatic heterocycles. The first-order valence-corrected chi connectivity index (χ1v) is 6.86. The highest BCUT2D eigenvalue weighted by atomic mass is 16.2. The molecule has 1 rings (SSSR count). The Labute approximate surface area is 116 Å². The van der Waals surface area contributed by atoms with Crippen LogP contribution >= 0.6 is 0 Å². The highest BCUT2D eigenvalue weighted by Crippen LogP contribution is 2.18. The number of hydrogen-bond donors (Lipinski definition) is 1. The van der Waals surface area contributed by atoms with Crippen LogP contribution in [0.4, 0.5) is 0 Å². The van der Waals surface area contributed by atoms with Gasteiger partial charge in [-0.05, 0) is 44.9 Å². The molecule has 0 aliphatic carbocycles. The van der Waals surface area contributed by atoms with Crippen molar-refractivity contribution in [2.75, 3.05) is 19.6 Å². The summed E-state index contributed by atoms with van der Waals surface area (Å²) in [4.78, 5) is 14.4. The van der Waals surface area contributed by atoms with Gasteiger partial charge in [-0.15, -0.1) is 0 Å². The molecule has 3 nitrogen and oxygen atoms in total. The van der Waals surface area contributed by atoms with Gasteiger partial charge in [-0.1, -0.05) is 31.0 Å². The molecule has 0 spiro atoms. The Morgan fingerprint density at radius 1 is 1.21 bits per heavy atom. The minimum Gasteiger partial charge on any atom is -0.338 e. The summed E-state index contributed by atoms with van der Waals surface area (Å²) < 4.78 is 0. The van der Waals surface area contributed by atoms with Crippen LogP contribution in [0.5, 0.6) is 0 Å². The van der Waals surface area contributed by atoms with Gasteiger partial charge >= 0.3 is 0 Å². The highest BCUT2D eigenvalue weighted by molar-refractivity contribution is 5.94. The van der Waals surface area contributed by atoms with Gasteiger partial charge in [0.25, 0.3) is 5.91 Å². The van der Waals surface area contributed by atoms with Crippen LogP contribution in [-0.2, 0) is 0 Å². The Morgan fingerprint density at radius 2 is 1.74 bits per heavy atom. The molecule has 0 atom stereocenters. The summed E-state index contributed by atoms with van der Waals surface area (Å²) >= 11 is 0. The van der Waals surface area contributed by atoms with Crippen molar-refractivity contribution < 1.29 is 4.79 Å². The van der Waals surface area contributed by atoms with Crippen molar-refractivity contribution in [2.45, 2.75) is 34.6 Å². The van der Waals surface area contributed by atoms with Crippen LogP contribution in [0.25, 0.3) is 0 Å². The Kier molecular flexibility index (Phi) is 5.12. The van der Waals surface area contributed by atoms with Crippen LogP contribution < -0.4 is 5.73 Å². The van der Waals surface area contributed by atoms with Crippen molar-refractivity contribution in [1.29, 1.82) is 0 Å². The third-order valence-electron chi connectivity index (χ3n) is 3.31. The van der Waals surface area contributed by atoms with Gasteiger partial charge in [0.05, 0.1) is 0 Å². The molecule has 1 amide bonds. The second kappa shape index (κ2) is 6.20. The fraction of sp³-hybridized carbons (Fsp3) is 0.562. The summed E-state index contributed by atoms with van der Waals surface area (Å²) in [5.41, 5.74) is 8.72. The molecule has 3 heteroatoms. The molecule has 0 bridgehead atoms. The maximum Gasteiger partial charge on any atom is 0.253 e. The van der Waals surface area contributed by atoms with E-state index in [0.717, 1.165) is 16.7 Å². The standard InChI is InChI=1S/C16H26N2O/c1-6-18(11-16(4,5)10-17)15(19)14-8-12(2)7-13(3)9-14/h7-9H,6,10-11,17H2,1-5H3. The SMILES string of the molecule is CCN(CC(C)(C)CN)C(=O)c1cc(C)cc(C)c1. The van der Waals surface area contributed by atoms with Crippen molar-refractivity contribution >= 4 is 5.91 Å². The number of aryl methyl sites for hydroxylation is 2. The number of carbonyl (C=O) groups is 1. The molecule has 1 aromatic rings. The summed E-state index contributed by atoms with van der Waals surface area (Å²) in [5.74, 6) is 0.0934. The van der Waals surface area contributed by atoms with Crippen molar-refractivity contribution in [3.05, 3.63) is 34.9 Å². The topological polar surface area (TPSA) is 46.3 Å². The Hall–Kier alpha value is -1.35. The molecule has 0 unspecified atom stereocenters. The molecule has 0 fully saturated rings. The van der Waals surface area contributed by atoms with Gasteiger partial charge in [-0.25, -0.2) is 0 Å². The molecular weight excluding hydrogens is 236 g/mol. The number of carbonyl (C=O) groups excluding carboxylic acids is 1. The summed E-state index contributed by atoms with van der Waals surface area (Å²) in [6.45, 7) is 12.2. The first-order chi connectivity index (χ1) is 8.79. The molecule has 0 aliphatic heterocycles. The molecule has 0 saturated carbocycles. The number of hydrogen-bond acceptors (Lipinski definition) is 2. The van der Waals surface area contributed by atoms with Crippen LogP contribution in [0.3, 0.4) is 0 Å². The predicted molar refractivity (Wildman–Crippen MR) is 80.3 cm³/mol. The third-order valence-corrected chi connectivity index (χ3v) is 3.31. The van der Waals surface area contributed by atoms with Gasteiger partial charge < -0.3 is 10.6 Å². The van der Waals surface area contributed by atoms with Crippen LogP contribution in [0.1, 0.15) is 42.3 Å². The number of benzene rings is 1. The van der Waals surface area contributed by atoms with Crippen molar-refractivity contribution in [3.8, 4) is 0 Å². The van der Waals surface area contributed by atoms with Gasteiger partial charge in [-0.3, -0.25) is 4.79 Å². The molecule has 19 heavy (non-hydrogen) atoms. The lowest BCUT2D eigenvalue weighted by Crippen LogP contribution is -2.42. The van der Waals surface area contributed by atoms with Gasteiger partial charge in [0.15, 0.2) is 0 Å².